The SMILES string of the molecule is CCOC(=O)[C@H](Cc1ccc(OC)cc1)NC(=O)[C@H]1O[C@@H]1C(=O)N[C@@H](Cc1ccc(OC)cc1)C(=O)OCC. The summed E-state index contributed by atoms with van der Waals surface area (Å²) in [6.07, 6.45) is -1.88. The molecule has 2 aromatic carbocycles. The molecular formula is C28H34N2O9. The Morgan fingerprint density at radius 2 is 1.05 bits per heavy atom. The molecule has 210 valence electrons. The Labute approximate surface area is 227 Å². The maximum absolute atomic E-state index is 12.9. The number of nitrogens with one attached hydrogen (secondary N) is 2. The summed E-state index contributed by atoms with van der Waals surface area (Å²) >= 11 is 0. The van der Waals surface area contributed by atoms with Gasteiger partial charge >= 0.3 is 11.9 Å². The van der Waals surface area contributed by atoms with Crippen molar-refractivity contribution < 1.29 is 42.9 Å². The highest BCUT2D eigenvalue weighted by Gasteiger charge is 2.51. The third-order valence-corrected chi connectivity index (χ3v) is 5.98. The molecule has 2 N–H and O–H groups in total. The molecule has 0 spiro atoms. The van der Waals surface area contributed by atoms with Crippen LogP contribution in [0.1, 0.15) is 25.0 Å². The Morgan fingerprint density at radius 3 is 1.36 bits per heavy atom. The summed E-state index contributed by atoms with van der Waals surface area (Å²) in [5, 5.41) is 5.24. The summed E-state index contributed by atoms with van der Waals surface area (Å²) in [5.74, 6) is -1.17. The molecule has 3 rings (SSSR count). The van der Waals surface area contributed by atoms with E-state index >= 15 is 0 Å². The normalized spacial score (nSPS) is 17.2. The molecule has 0 saturated carbocycles. The van der Waals surface area contributed by atoms with Crippen molar-refractivity contribution in [3.63, 3.8) is 0 Å². The number of carbonyl (C=O) groups is 4. The zero-order valence-electron chi connectivity index (χ0n) is 22.4. The Bertz CT molecular complexity index is 1050. The fourth-order valence-electron chi connectivity index (χ4n) is 3.89. The summed E-state index contributed by atoms with van der Waals surface area (Å²) in [6, 6.07) is 12.1. The third-order valence-electron chi connectivity index (χ3n) is 5.98. The van der Waals surface area contributed by atoms with E-state index in [-0.39, 0.29) is 26.1 Å². The lowest BCUT2D eigenvalue weighted by atomic mass is 10.0. The van der Waals surface area contributed by atoms with Gasteiger partial charge in [-0.15, -0.1) is 0 Å². The van der Waals surface area contributed by atoms with Crippen LogP contribution in [0.2, 0.25) is 0 Å². The second-order valence-electron chi connectivity index (χ2n) is 8.71. The second kappa shape index (κ2) is 14.1. The Morgan fingerprint density at radius 1 is 0.692 bits per heavy atom. The molecule has 1 saturated heterocycles. The van der Waals surface area contributed by atoms with Crippen LogP contribution in [0.4, 0.5) is 0 Å². The van der Waals surface area contributed by atoms with E-state index in [0.717, 1.165) is 11.1 Å². The highest BCUT2D eigenvalue weighted by molar-refractivity contribution is 5.97. The molecule has 2 aromatic rings. The van der Waals surface area contributed by atoms with Gasteiger partial charge in [-0.3, -0.25) is 9.59 Å². The van der Waals surface area contributed by atoms with Crippen molar-refractivity contribution in [3.05, 3.63) is 59.7 Å². The number of epoxide rings is 1. The lowest BCUT2D eigenvalue weighted by molar-refractivity contribution is -0.148. The predicted molar refractivity (Wildman–Crippen MR) is 139 cm³/mol. The number of rotatable bonds is 14. The molecule has 11 nitrogen and oxygen atoms in total. The van der Waals surface area contributed by atoms with Crippen LogP contribution in [0, 0.1) is 0 Å². The summed E-state index contributed by atoms with van der Waals surface area (Å²) in [6.45, 7) is 3.62. The molecule has 1 aliphatic heterocycles. The molecule has 0 aromatic heterocycles. The largest absolute Gasteiger partial charge is 0.497 e. The van der Waals surface area contributed by atoms with Crippen LogP contribution in [0.25, 0.3) is 0 Å². The van der Waals surface area contributed by atoms with E-state index in [0.29, 0.717) is 11.5 Å². The van der Waals surface area contributed by atoms with Gasteiger partial charge in [0.05, 0.1) is 27.4 Å². The smallest absolute Gasteiger partial charge is 0.328 e. The van der Waals surface area contributed by atoms with Gasteiger partial charge < -0.3 is 34.3 Å². The number of hydrogen-bond donors (Lipinski definition) is 2. The number of carbonyl (C=O) groups excluding carboxylic acids is 4. The quantitative estimate of drug-likeness (QED) is 0.267. The summed E-state index contributed by atoms with van der Waals surface area (Å²) in [5.41, 5.74) is 1.55. The predicted octanol–water partition coefficient (Wildman–Crippen LogP) is 1.35. The molecule has 39 heavy (non-hydrogen) atoms. The van der Waals surface area contributed by atoms with E-state index in [4.69, 9.17) is 23.7 Å². The molecule has 0 aliphatic carbocycles. The standard InChI is InChI=1S/C28H34N2O9/c1-5-37-27(33)21(15-17-7-11-19(35-3)12-8-17)29-25(31)23-24(39-23)26(32)30-22(28(34)38-6-2)16-18-9-13-20(36-4)14-10-18/h7-14,21-24H,5-6,15-16H2,1-4H3,(H,29,31)(H,30,32)/t21-,22-,23-,24-/m0/s1. The zero-order valence-corrected chi connectivity index (χ0v) is 22.4. The first-order valence-electron chi connectivity index (χ1n) is 12.6. The summed E-state index contributed by atoms with van der Waals surface area (Å²) < 4.78 is 25.8. The molecule has 4 atom stereocenters. The van der Waals surface area contributed by atoms with Crippen LogP contribution in [-0.4, -0.2) is 75.5 Å². The maximum atomic E-state index is 12.9. The number of ether oxygens (including phenoxy) is 5. The highest BCUT2D eigenvalue weighted by Crippen LogP contribution is 2.24. The van der Waals surface area contributed by atoms with Crippen molar-refractivity contribution in [2.45, 2.75) is 51.0 Å². The minimum atomic E-state index is -1.11. The van der Waals surface area contributed by atoms with Crippen LogP contribution in [0.3, 0.4) is 0 Å². The number of esters is 2. The monoisotopic (exact) mass is 542 g/mol. The van der Waals surface area contributed by atoms with Gasteiger partial charge in [-0.2, -0.15) is 0 Å². The Hall–Kier alpha value is -4.12. The van der Waals surface area contributed by atoms with Crippen molar-refractivity contribution >= 4 is 23.8 Å². The van der Waals surface area contributed by atoms with Gasteiger partial charge in [0.2, 0.25) is 0 Å². The molecule has 1 heterocycles. The Kier molecular flexibility index (Phi) is 10.7. The maximum Gasteiger partial charge on any atom is 0.328 e. The lowest BCUT2D eigenvalue weighted by Gasteiger charge is -2.18. The van der Waals surface area contributed by atoms with Crippen LogP contribution < -0.4 is 20.1 Å². The van der Waals surface area contributed by atoms with Crippen molar-refractivity contribution in [2.24, 2.45) is 0 Å². The topological polar surface area (TPSA) is 142 Å². The van der Waals surface area contributed by atoms with Gasteiger partial charge in [0.25, 0.3) is 11.8 Å². The average Bonchev–Trinajstić information content (AvgIpc) is 3.75. The van der Waals surface area contributed by atoms with Crippen molar-refractivity contribution in [1.29, 1.82) is 0 Å². The fraction of sp³-hybridized carbons (Fsp3) is 0.429. The van der Waals surface area contributed by atoms with E-state index in [2.05, 4.69) is 10.6 Å². The number of benzene rings is 2. The lowest BCUT2D eigenvalue weighted by Crippen LogP contribution is -2.48. The highest BCUT2D eigenvalue weighted by atomic mass is 16.6. The fourth-order valence-corrected chi connectivity index (χ4v) is 3.89. The van der Waals surface area contributed by atoms with Gasteiger partial charge in [-0.1, -0.05) is 24.3 Å². The third kappa shape index (κ3) is 8.44. The first-order valence-corrected chi connectivity index (χ1v) is 12.6. The van der Waals surface area contributed by atoms with Crippen molar-refractivity contribution in [1.82, 2.24) is 10.6 Å². The molecule has 0 radical (unpaired) electrons. The molecule has 2 amide bonds. The zero-order chi connectivity index (χ0) is 28.4. The Balaban J connectivity index is 1.61. The molecule has 0 unspecified atom stereocenters. The molecule has 11 heteroatoms. The van der Waals surface area contributed by atoms with E-state index in [1.165, 1.54) is 0 Å². The van der Waals surface area contributed by atoms with Gasteiger partial charge in [-0.25, -0.2) is 9.59 Å². The van der Waals surface area contributed by atoms with E-state index < -0.39 is 48.0 Å². The van der Waals surface area contributed by atoms with Gasteiger partial charge in [0.1, 0.15) is 23.6 Å². The first kappa shape index (κ1) is 29.4. The molecule has 0 bridgehead atoms. The van der Waals surface area contributed by atoms with Crippen molar-refractivity contribution in [2.75, 3.05) is 27.4 Å². The van der Waals surface area contributed by atoms with E-state index in [9.17, 15) is 19.2 Å². The van der Waals surface area contributed by atoms with E-state index in [1.807, 2.05) is 0 Å². The van der Waals surface area contributed by atoms with Gasteiger partial charge in [-0.05, 0) is 49.2 Å². The van der Waals surface area contributed by atoms with Gasteiger partial charge in [0.15, 0.2) is 12.2 Å². The van der Waals surface area contributed by atoms with Crippen LogP contribution >= 0.6 is 0 Å². The number of amides is 2. The summed E-state index contributed by atoms with van der Waals surface area (Å²) in [7, 11) is 3.10. The minimum absolute atomic E-state index is 0.141. The number of hydrogen-bond acceptors (Lipinski definition) is 9. The van der Waals surface area contributed by atoms with Crippen LogP contribution in [0.15, 0.2) is 48.5 Å². The second-order valence-corrected chi connectivity index (χ2v) is 8.71. The molecule has 1 aliphatic rings. The van der Waals surface area contributed by atoms with Gasteiger partial charge in [0, 0.05) is 12.8 Å². The van der Waals surface area contributed by atoms with Crippen LogP contribution in [-0.2, 0) is 46.2 Å². The minimum Gasteiger partial charge on any atom is -0.497 e. The van der Waals surface area contributed by atoms with Crippen molar-refractivity contribution in [3.8, 4) is 11.5 Å². The molecule has 1 fully saturated rings. The number of methoxy groups -OCH3 is 2. The average molecular weight is 543 g/mol. The summed E-state index contributed by atoms with van der Waals surface area (Å²) in [4.78, 5) is 50.8. The molecular weight excluding hydrogens is 508 g/mol. The van der Waals surface area contributed by atoms with Crippen LogP contribution in [0.5, 0.6) is 11.5 Å². The van der Waals surface area contributed by atoms with E-state index in [1.54, 1.807) is 76.6 Å². The first-order chi connectivity index (χ1) is 18.8.